The lowest BCUT2D eigenvalue weighted by Gasteiger charge is -2.30. The van der Waals surface area contributed by atoms with Crippen LogP contribution in [-0.4, -0.2) is 41.5 Å². The Morgan fingerprint density at radius 2 is 2.12 bits per heavy atom. The summed E-state index contributed by atoms with van der Waals surface area (Å²) in [6.45, 7) is 3.30. The minimum atomic E-state index is -0.306. The Labute approximate surface area is 155 Å². The first-order valence-electron chi connectivity index (χ1n) is 8.71. The second-order valence-corrected chi connectivity index (χ2v) is 7.10. The number of aromatic nitrogens is 1. The number of esters is 1. The van der Waals surface area contributed by atoms with E-state index in [1.807, 2.05) is 5.38 Å². The van der Waals surface area contributed by atoms with Gasteiger partial charge in [0.25, 0.3) is 0 Å². The van der Waals surface area contributed by atoms with Crippen LogP contribution in [0, 0.1) is 11.7 Å². The molecule has 0 atom stereocenters. The average molecular weight is 376 g/mol. The van der Waals surface area contributed by atoms with E-state index in [1.54, 1.807) is 24.0 Å². The molecule has 1 saturated heterocycles. The van der Waals surface area contributed by atoms with E-state index in [0.717, 1.165) is 0 Å². The van der Waals surface area contributed by atoms with Gasteiger partial charge in [0.05, 0.1) is 24.6 Å². The largest absolute Gasteiger partial charge is 0.466 e. The minimum Gasteiger partial charge on any atom is -0.466 e. The molecule has 7 heteroatoms. The summed E-state index contributed by atoms with van der Waals surface area (Å²) in [5, 5.41) is 2.54. The Morgan fingerprint density at radius 3 is 2.81 bits per heavy atom. The Balaban J connectivity index is 1.55. The van der Waals surface area contributed by atoms with Crippen LogP contribution in [-0.2, 0) is 20.7 Å². The van der Waals surface area contributed by atoms with Crippen LogP contribution in [0.2, 0.25) is 0 Å². The van der Waals surface area contributed by atoms with Crippen LogP contribution in [0.25, 0.3) is 10.6 Å². The van der Waals surface area contributed by atoms with Gasteiger partial charge in [-0.3, -0.25) is 9.59 Å². The molecule has 3 rings (SSSR count). The zero-order valence-corrected chi connectivity index (χ0v) is 15.4. The van der Waals surface area contributed by atoms with Gasteiger partial charge in [-0.05, 0) is 31.9 Å². The summed E-state index contributed by atoms with van der Waals surface area (Å²) in [6.07, 6.45) is 1.49. The third-order valence-electron chi connectivity index (χ3n) is 4.42. The number of hydrogen-bond acceptors (Lipinski definition) is 5. The second kappa shape index (κ2) is 8.40. The summed E-state index contributed by atoms with van der Waals surface area (Å²) in [5.41, 5.74) is 1.40. The third-order valence-corrected chi connectivity index (χ3v) is 5.36. The van der Waals surface area contributed by atoms with Crippen LogP contribution in [0.5, 0.6) is 0 Å². The normalized spacial score (nSPS) is 15.1. The topological polar surface area (TPSA) is 59.5 Å². The monoisotopic (exact) mass is 376 g/mol. The van der Waals surface area contributed by atoms with Gasteiger partial charge in [-0.2, -0.15) is 0 Å². The van der Waals surface area contributed by atoms with Crippen LogP contribution in [0.15, 0.2) is 29.6 Å². The fourth-order valence-electron chi connectivity index (χ4n) is 3.03. The number of amides is 1. The van der Waals surface area contributed by atoms with Gasteiger partial charge in [0, 0.05) is 24.0 Å². The number of thiazole rings is 1. The van der Waals surface area contributed by atoms with E-state index < -0.39 is 0 Å². The van der Waals surface area contributed by atoms with E-state index in [9.17, 15) is 14.0 Å². The van der Waals surface area contributed by atoms with Crippen molar-refractivity contribution < 1.29 is 18.7 Å². The summed E-state index contributed by atoms with van der Waals surface area (Å²) in [6, 6.07) is 6.27. The number of hydrogen-bond donors (Lipinski definition) is 0. The Bertz CT molecular complexity index is 785. The van der Waals surface area contributed by atoms with Gasteiger partial charge >= 0.3 is 5.97 Å². The second-order valence-electron chi connectivity index (χ2n) is 6.24. The maximum absolute atomic E-state index is 13.3. The fraction of sp³-hybridized carbons (Fsp3) is 0.421. The summed E-state index contributed by atoms with van der Waals surface area (Å²) in [5.74, 6) is -0.583. The lowest BCUT2D eigenvalue weighted by Crippen LogP contribution is -2.41. The molecule has 1 aliphatic rings. The average Bonchev–Trinajstić information content (AvgIpc) is 3.10. The van der Waals surface area contributed by atoms with E-state index in [2.05, 4.69) is 4.98 Å². The zero-order valence-electron chi connectivity index (χ0n) is 14.6. The molecule has 1 aromatic carbocycles. The van der Waals surface area contributed by atoms with E-state index >= 15 is 0 Å². The van der Waals surface area contributed by atoms with Gasteiger partial charge < -0.3 is 9.64 Å². The van der Waals surface area contributed by atoms with Crippen molar-refractivity contribution in [2.75, 3.05) is 19.7 Å². The number of piperidine rings is 1. The number of likely N-dealkylation sites (tertiary alicyclic amines) is 1. The molecule has 2 aromatic rings. The van der Waals surface area contributed by atoms with E-state index in [1.165, 1.54) is 23.5 Å². The smallest absolute Gasteiger partial charge is 0.309 e. The first-order valence-corrected chi connectivity index (χ1v) is 9.59. The van der Waals surface area contributed by atoms with Crippen molar-refractivity contribution in [2.45, 2.75) is 26.2 Å². The molecule has 0 saturated carbocycles. The highest BCUT2D eigenvalue weighted by Gasteiger charge is 2.28. The van der Waals surface area contributed by atoms with Crippen molar-refractivity contribution in [1.29, 1.82) is 0 Å². The zero-order chi connectivity index (χ0) is 18.5. The van der Waals surface area contributed by atoms with Crippen LogP contribution < -0.4 is 0 Å². The van der Waals surface area contributed by atoms with Crippen LogP contribution in [0.3, 0.4) is 0 Å². The number of carbonyl (C=O) groups is 2. The van der Waals surface area contributed by atoms with E-state index in [0.29, 0.717) is 48.8 Å². The number of rotatable bonds is 5. The molecule has 1 aliphatic heterocycles. The minimum absolute atomic E-state index is 0.00315. The van der Waals surface area contributed by atoms with Crippen molar-refractivity contribution in [2.24, 2.45) is 5.92 Å². The number of benzene rings is 1. The molecule has 1 fully saturated rings. The molecule has 0 radical (unpaired) electrons. The molecule has 138 valence electrons. The number of nitrogens with zero attached hydrogens (tertiary/aromatic N) is 2. The quantitative estimate of drug-likeness (QED) is 0.752. The Morgan fingerprint density at radius 1 is 1.35 bits per heavy atom. The number of halogens is 1. The van der Waals surface area contributed by atoms with E-state index in [4.69, 9.17) is 4.74 Å². The van der Waals surface area contributed by atoms with Crippen molar-refractivity contribution in [3.05, 3.63) is 41.2 Å². The maximum atomic E-state index is 13.3. The van der Waals surface area contributed by atoms with Gasteiger partial charge in [0.15, 0.2) is 0 Å². The molecule has 0 N–H and O–H groups in total. The predicted molar refractivity (Wildman–Crippen MR) is 97.1 cm³/mol. The lowest BCUT2D eigenvalue weighted by atomic mass is 9.97. The van der Waals surface area contributed by atoms with Crippen molar-refractivity contribution in [3.63, 3.8) is 0 Å². The Hall–Kier alpha value is -2.28. The van der Waals surface area contributed by atoms with E-state index in [-0.39, 0.29) is 30.0 Å². The maximum Gasteiger partial charge on any atom is 0.309 e. The van der Waals surface area contributed by atoms with Crippen LogP contribution in [0.4, 0.5) is 4.39 Å². The molecule has 2 heterocycles. The van der Waals surface area contributed by atoms with Crippen molar-refractivity contribution in [1.82, 2.24) is 9.88 Å². The summed E-state index contributed by atoms with van der Waals surface area (Å²) >= 11 is 1.40. The molecule has 0 bridgehead atoms. The lowest BCUT2D eigenvalue weighted by molar-refractivity contribution is -0.151. The highest BCUT2D eigenvalue weighted by Crippen LogP contribution is 2.25. The Kier molecular flexibility index (Phi) is 5.98. The number of ether oxygens (including phenoxy) is 1. The van der Waals surface area contributed by atoms with Gasteiger partial charge in [0.1, 0.15) is 10.8 Å². The first-order chi connectivity index (χ1) is 12.6. The van der Waals surface area contributed by atoms with Crippen LogP contribution >= 0.6 is 11.3 Å². The molecular weight excluding hydrogens is 355 g/mol. The highest BCUT2D eigenvalue weighted by molar-refractivity contribution is 7.13. The van der Waals surface area contributed by atoms with Gasteiger partial charge in [-0.25, -0.2) is 9.37 Å². The standard InChI is InChI=1S/C19H21FN2O3S/c1-2-25-19(24)13-6-8-22(9-7-13)17(23)11-16-12-26-18(21-16)14-4-3-5-15(20)10-14/h3-5,10,12-13H,2,6-9,11H2,1H3. The molecule has 0 aliphatic carbocycles. The van der Waals surface area contributed by atoms with Gasteiger partial charge in [-0.15, -0.1) is 11.3 Å². The molecule has 0 unspecified atom stereocenters. The summed E-state index contributed by atoms with van der Waals surface area (Å²) in [4.78, 5) is 30.5. The highest BCUT2D eigenvalue weighted by atomic mass is 32.1. The molecule has 0 spiro atoms. The van der Waals surface area contributed by atoms with Crippen molar-refractivity contribution in [3.8, 4) is 10.6 Å². The molecular formula is C19H21FN2O3S. The third kappa shape index (κ3) is 4.46. The first kappa shape index (κ1) is 18.5. The van der Waals surface area contributed by atoms with Gasteiger partial charge in [-0.1, -0.05) is 12.1 Å². The number of carbonyl (C=O) groups excluding carboxylic acids is 2. The molecule has 26 heavy (non-hydrogen) atoms. The SMILES string of the molecule is CCOC(=O)C1CCN(C(=O)Cc2csc(-c3cccc(F)c3)n2)CC1. The van der Waals surface area contributed by atoms with Crippen LogP contribution in [0.1, 0.15) is 25.5 Å². The fourth-order valence-corrected chi connectivity index (χ4v) is 3.85. The summed E-state index contributed by atoms with van der Waals surface area (Å²) in [7, 11) is 0. The predicted octanol–water partition coefficient (Wildman–Crippen LogP) is 3.29. The molecule has 1 aromatic heterocycles. The van der Waals surface area contributed by atoms with Crippen molar-refractivity contribution >= 4 is 23.2 Å². The van der Waals surface area contributed by atoms with Gasteiger partial charge in [0.2, 0.25) is 5.91 Å². The summed E-state index contributed by atoms with van der Waals surface area (Å²) < 4.78 is 18.4. The molecule has 1 amide bonds. The molecule has 5 nitrogen and oxygen atoms in total.